The molecule has 3 aromatic carbocycles. The third kappa shape index (κ3) is 4.72. The molecule has 0 radical (unpaired) electrons. The van der Waals surface area contributed by atoms with Crippen molar-refractivity contribution in [1.29, 1.82) is 0 Å². The van der Waals surface area contributed by atoms with Gasteiger partial charge in [-0.05, 0) is 36.8 Å². The Morgan fingerprint density at radius 3 is 2.30 bits per heavy atom. The molecule has 4 rings (SSSR count). The Balaban J connectivity index is 1.51. The fraction of sp³-hybridized carbons (Fsp3) is 0.125. The molecule has 0 aliphatic heterocycles. The number of nitrogens with zero attached hydrogens (tertiary/aromatic N) is 2. The van der Waals surface area contributed by atoms with E-state index >= 15 is 0 Å². The van der Waals surface area contributed by atoms with Gasteiger partial charge in [0, 0.05) is 5.56 Å². The molecule has 0 aliphatic rings. The molecule has 1 amide bonds. The Bertz CT molecular complexity index is 1090. The molecule has 4 aromatic rings. The second kappa shape index (κ2) is 9.05. The topological polar surface area (TPSA) is 77.2 Å². The number of rotatable bonds is 7. The molecular formula is C24H21N3O3. The van der Waals surface area contributed by atoms with Gasteiger partial charge < -0.3 is 14.5 Å². The molecule has 0 aliphatic carbocycles. The monoisotopic (exact) mass is 399 g/mol. The Kier molecular flexibility index (Phi) is 5.85. The SMILES string of the molecule is Cc1ccc(OCC(=O)N[C@@H](c2ccccc2)c2nnc(-c3ccccc3)o2)cc1. The number of benzene rings is 3. The molecule has 150 valence electrons. The molecule has 0 bridgehead atoms. The van der Waals surface area contributed by atoms with Gasteiger partial charge in [-0.2, -0.15) is 0 Å². The summed E-state index contributed by atoms with van der Waals surface area (Å²) in [6, 6.07) is 26.0. The fourth-order valence-corrected chi connectivity index (χ4v) is 2.97. The summed E-state index contributed by atoms with van der Waals surface area (Å²) in [4.78, 5) is 12.6. The van der Waals surface area contributed by atoms with Crippen molar-refractivity contribution in [3.8, 4) is 17.2 Å². The molecule has 0 unspecified atom stereocenters. The summed E-state index contributed by atoms with van der Waals surface area (Å²) in [6.45, 7) is 1.88. The second-order valence-corrected chi connectivity index (χ2v) is 6.82. The van der Waals surface area contributed by atoms with E-state index < -0.39 is 6.04 Å². The van der Waals surface area contributed by atoms with Crippen LogP contribution in [0.4, 0.5) is 0 Å². The average Bonchev–Trinajstić information content (AvgIpc) is 3.28. The van der Waals surface area contributed by atoms with Gasteiger partial charge in [0.2, 0.25) is 11.8 Å². The second-order valence-electron chi connectivity index (χ2n) is 6.82. The van der Waals surface area contributed by atoms with Gasteiger partial charge in [0.1, 0.15) is 11.8 Å². The van der Waals surface area contributed by atoms with Crippen molar-refractivity contribution >= 4 is 5.91 Å². The first-order valence-corrected chi connectivity index (χ1v) is 9.61. The molecule has 0 saturated heterocycles. The largest absolute Gasteiger partial charge is 0.484 e. The van der Waals surface area contributed by atoms with Crippen LogP contribution >= 0.6 is 0 Å². The first-order valence-electron chi connectivity index (χ1n) is 9.61. The molecule has 0 saturated carbocycles. The highest BCUT2D eigenvalue weighted by molar-refractivity contribution is 5.78. The van der Waals surface area contributed by atoms with Crippen molar-refractivity contribution in [2.45, 2.75) is 13.0 Å². The quantitative estimate of drug-likeness (QED) is 0.501. The zero-order valence-corrected chi connectivity index (χ0v) is 16.5. The van der Waals surface area contributed by atoms with E-state index in [9.17, 15) is 4.79 Å². The number of amides is 1. The van der Waals surface area contributed by atoms with E-state index in [1.54, 1.807) is 0 Å². The van der Waals surface area contributed by atoms with E-state index in [4.69, 9.17) is 9.15 Å². The summed E-state index contributed by atoms with van der Waals surface area (Å²) in [7, 11) is 0. The van der Waals surface area contributed by atoms with E-state index in [-0.39, 0.29) is 12.5 Å². The minimum Gasteiger partial charge on any atom is -0.484 e. The molecule has 0 fully saturated rings. The van der Waals surface area contributed by atoms with Gasteiger partial charge in [0.05, 0.1) is 0 Å². The lowest BCUT2D eigenvalue weighted by atomic mass is 10.1. The van der Waals surface area contributed by atoms with Gasteiger partial charge in [0.15, 0.2) is 6.61 Å². The van der Waals surface area contributed by atoms with Crippen molar-refractivity contribution < 1.29 is 13.9 Å². The van der Waals surface area contributed by atoms with Crippen LogP contribution in [0.2, 0.25) is 0 Å². The van der Waals surface area contributed by atoms with Crippen molar-refractivity contribution in [2.24, 2.45) is 0 Å². The number of hydrogen-bond donors (Lipinski definition) is 1. The number of nitrogens with one attached hydrogen (secondary N) is 1. The third-order valence-corrected chi connectivity index (χ3v) is 4.54. The fourth-order valence-electron chi connectivity index (χ4n) is 2.97. The maximum Gasteiger partial charge on any atom is 0.258 e. The van der Waals surface area contributed by atoms with Crippen LogP contribution in [0.5, 0.6) is 5.75 Å². The summed E-state index contributed by atoms with van der Waals surface area (Å²) in [5.74, 6) is 1.06. The highest BCUT2D eigenvalue weighted by atomic mass is 16.5. The molecule has 6 nitrogen and oxygen atoms in total. The lowest BCUT2D eigenvalue weighted by molar-refractivity contribution is -0.123. The van der Waals surface area contributed by atoms with Crippen molar-refractivity contribution in [1.82, 2.24) is 15.5 Å². The standard InChI is InChI=1S/C24H21N3O3/c1-17-12-14-20(15-13-17)29-16-21(28)25-22(18-8-4-2-5-9-18)24-27-26-23(30-24)19-10-6-3-7-11-19/h2-15,22H,16H2,1H3,(H,25,28)/t22-/m0/s1. The third-order valence-electron chi connectivity index (χ3n) is 4.54. The highest BCUT2D eigenvalue weighted by Gasteiger charge is 2.23. The molecule has 30 heavy (non-hydrogen) atoms. The van der Waals surface area contributed by atoms with Gasteiger partial charge >= 0.3 is 0 Å². The van der Waals surface area contributed by atoms with E-state index in [0.717, 1.165) is 16.7 Å². The van der Waals surface area contributed by atoms with Crippen molar-refractivity contribution in [3.05, 3.63) is 102 Å². The number of carbonyl (C=O) groups excluding carboxylic acids is 1. The molecule has 1 N–H and O–H groups in total. The van der Waals surface area contributed by atoms with Crippen LogP contribution in [-0.4, -0.2) is 22.7 Å². The summed E-state index contributed by atoms with van der Waals surface area (Å²) >= 11 is 0. The zero-order chi connectivity index (χ0) is 20.8. The molecule has 0 spiro atoms. The normalized spacial score (nSPS) is 11.6. The smallest absolute Gasteiger partial charge is 0.258 e. The molecule has 1 aromatic heterocycles. The van der Waals surface area contributed by atoms with Gasteiger partial charge in [-0.1, -0.05) is 66.2 Å². The molecular weight excluding hydrogens is 378 g/mol. The minimum absolute atomic E-state index is 0.119. The molecule has 1 atom stereocenters. The van der Waals surface area contributed by atoms with Gasteiger partial charge in [-0.3, -0.25) is 4.79 Å². The predicted molar refractivity (Wildman–Crippen MR) is 113 cm³/mol. The van der Waals surface area contributed by atoms with Crippen molar-refractivity contribution in [3.63, 3.8) is 0 Å². The number of aryl methyl sites for hydroxylation is 1. The summed E-state index contributed by atoms with van der Waals surface area (Å²) in [6.07, 6.45) is 0. The predicted octanol–water partition coefficient (Wildman–Crippen LogP) is 4.33. The average molecular weight is 399 g/mol. The number of ether oxygens (including phenoxy) is 1. The Morgan fingerprint density at radius 2 is 1.60 bits per heavy atom. The van der Waals surface area contributed by atoms with Crippen LogP contribution in [0.25, 0.3) is 11.5 Å². The number of hydrogen-bond acceptors (Lipinski definition) is 5. The first kappa shape index (κ1) is 19.4. The number of aromatic nitrogens is 2. The summed E-state index contributed by atoms with van der Waals surface area (Å²) in [5.41, 5.74) is 2.78. The van der Waals surface area contributed by atoms with Gasteiger partial charge in [-0.15, -0.1) is 10.2 Å². The van der Waals surface area contributed by atoms with E-state index in [1.807, 2.05) is 91.9 Å². The maximum atomic E-state index is 12.6. The van der Waals surface area contributed by atoms with E-state index in [0.29, 0.717) is 17.5 Å². The number of carbonyl (C=O) groups is 1. The lowest BCUT2D eigenvalue weighted by Gasteiger charge is -2.16. The van der Waals surface area contributed by atoms with E-state index in [1.165, 1.54) is 0 Å². The van der Waals surface area contributed by atoms with Crippen LogP contribution in [-0.2, 0) is 4.79 Å². The summed E-state index contributed by atoms with van der Waals surface area (Å²) < 4.78 is 11.5. The Hall–Kier alpha value is -3.93. The summed E-state index contributed by atoms with van der Waals surface area (Å²) in [5, 5.41) is 11.3. The maximum absolute atomic E-state index is 12.6. The lowest BCUT2D eigenvalue weighted by Crippen LogP contribution is -2.33. The highest BCUT2D eigenvalue weighted by Crippen LogP contribution is 2.25. The van der Waals surface area contributed by atoms with Gasteiger partial charge in [0.25, 0.3) is 5.91 Å². The first-order chi connectivity index (χ1) is 14.7. The van der Waals surface area contributed by atoms with Crippen LogP contribution in [0.15, 0.2) is 89.3 Å². The zero-order valence-electron chi connectivity index (χ0n) is 16.5. The van der Waals surface area contributed by atoms with Crippen LogP contribution < -0.4 is 10.1 Å². The van der Waals surface area contributed by atoms with Crippen LogP contribution in [0.1, 0.15) is 23.1 Å². The Labute approximate surface area is 174 Å². The van der Waals surface area contributed by atoms with E-state index in [2.05, 4.69) is 15.5 Å². The molecule has 6 heteroatoms. The Morgan fingerprint density at radius 1 is 0.933 bits per heavy atom. The minimum atomic E-state index is -0.578. The van der Waals surface area contributed by atoms with Crippen molar-refractivity contribution in [2.75, 3.05) is 6.61 Å². The molecule has 1 heterocycles. The van der Waals surface area contributed by atoms with Gasteiger partial charge in [-0.25, -0.2) is 0 Å². The van der Waals surface area contributed by atoms with Crippen LogP contribution in [0.3, 0.4) is 0 Å². The van der Waals surface area contributed by atoms with Crippen LogP contribution in [0, 0.1) is 6.92 Å².